The van der Waals surface area contributed by atoms with Gasteiger partial charge < -0.3 is 4.90 Å². The van der Waals surface area contributed by atoms with E-state index in [2.05, 4.69) is 10.3 Å². The van der Waals surface area contributed by atoms with Gasteiger partial charge in [-0.05, 0) is 13.8 Å². The molecule has 0 aliphatic carbocycles. The molecule has 1 heterocycles. The van der Waals surface area contributed by atoms with Crippen LogP contribution in [0.4, 0.5) is 13.2 Å². The third kappa shape index (κ3) is 4.41. The summed E-state index contributed by atoms with van der Waals surface area (Å²) < 4.78 is 38.0. The zero-order chi connectivity index (χ0) is 13.1. The molecule has 0 bridgehead atoms. The zero-order valence-electron chi connectivity index (χ0n) is 9.48. The summed E-state index contributed by atoms with van der Waals surface area (Å²) in [6, 6.07) is -0.521. The van der Waals surface area contributed by atoms with Crippen LogP contribution in [0, 0.1) is 0 Å². The minimum absolute atomic E-state index is 0.242. The first-order valence-corrected chi connectivity index (χ1v) is 5.00. The van der Waals surface area contributed by atoms with E-state index < -0.39 is 24.7 Å². The molecule has 1 amide bonds. The lowest BCUT2D eigenvalue weighted by molar-refractivity contribution is -0.165. The first-order chi connectivity index (χ1) is 7.79. The third-order valence-corrected chi connectivity index (χ3v) is 2.06. The number of hydrogen-bond acceptors (Lipinski definition) is 3. The summed E-state index contributed by atoms with van der Waals surface area (Å²) in [6.07, 6.45) is -1.62. The first-order valence-electron chi connectivity index (χ1n) is 5.00. The van der Waals surface area contributed by atoms with Crippen LogP contribution in [0.2, 0.25) is 0 Å². The van der Waals surface area contributed by atoms with Gasteiger partial charge in [-0.25, -0.2) is 4.68 Å². The second-order valence-electron chi connectivity index (χ2n) is 3.83. The molecule has 96 valence electrons. The van der Waals surface area contributed by atoms with Gasteiger partial charge in [0.25, 0.3) is 0 Å². The number of hydrogen-bond donors (Lipinski definition) is 0. The highest BCUT2D eigenvalue weighted by Gasteiger charge is 2.34. The highest BCUT2D eigenvalue weighted by Crippen LogP contribution is 2.18. The predicted molar refractivity (Wildman–Crippen MR) is 52.9 cm³/mol. The minimum Gasteiger partial charge on any atom is -0.330 e. The van der Waals surface area contributed by atoms with Gasteiger partial charge in [0.15, 0.2) is 0 Å². The summed E-state index contributed by atoms with van der Waals surface area (Å²) in [4.78, 5) is 12.4. The number of nitrogens with zero attached hydrogens (tertiary/aromatic N) is 4. The molecular formula is C9H13F3N4O. The quantitative estimate of drug-likeness (QED) is 0.803. The van der Waals surface area contributed by atoms with Crippen molar-refractivity contribution >= 4 is 5.91 Å². The lowest BCUT2D eigenvalue weighted by Crippen LogP contribution is -2.44. The van der Waals surface area contributed by atoms with E-state index in [4.69, 9.17) is 0 Å². The Hall–Kier alpha value is -1.60. The van der Waals surface area contributed by atoms with Crippen molar-refractivity contribution in [1.29, 1.82) is 0 Å². The Kier molecular flexibility index (Phi) is 4.08. The van der Waals surface area contributed by atoms with Gasteiger partial charge in [-0.2, -0.15) is 13.2 Å². The van der Waals surface area contributed by atoms with Crippen LogP contribution < -0.4 is 0 Å². The van der Waals surface area contributed by atoms with Crippen LogP contribution in [0.25, 0.3) is 0 Å². The van der Waals surface area contributed by atoms with Crippen LogP contribution >= 0.6 is 0 Å². The van der Waals surface area contributed by atoms with Crippen LogP contribution in [0.5, 0.6) is 0 Å². The van der Waals surface area contributed by atoms with E-state index in [1.807, 2.05) is 0 Å². The average molecular weight is 250 g/mol. The van der Waals surface area contributed by atoms with Crippen LogP contribution in [0.1, 0.15) is 13.8 Å². The van der Waals surface area contributed by atoms with Gasteiger partial charge in [-0.3, -0.25) is 4.79 Å². The first kappa shape index (κ1) is 13.5. The fraction of sp³-hybridized carbons (Fsp3) is 0.667. The summed E-state index contributed by atoms with van der Waals surface area (Å²) in [6.45, 7) is 1.57. The van der Waals surface area contributed by atoms with Gasteiger partial charge in [0, 0.05) is 12.2 Å². The molecule has 8 heteroatoms. The Morgan fingerprint density at radius 3 is 2.53 bits per heavy atom. The maximum atomic E-state index is 12.3. The van der Waals surface area contributed by atoms with E-state index in [1.54, 1.807) is 0 Å². The molecule has 0 atom stereocenters. The van der Waals surface area contributed by atoms with Gasteiger partial charge in [-0.1, -0.05) is 5.21 Å². The molecule has 5 nitrogen and oxygen atoms in total. The summed E-state index contributed by atoms with van der Waals surface area (Å²) in [5.74, 6) is -0.636. The van der Waals surface area contributed by atoms with Crippen LogP contribution in [-0.2, 0) is 11.3 Å². The van der Waals surface area contributed by atoms with Crippen LogP contribution in [0.3, 0.4) is 0 Å². The maximum Gasteiger partial charge on any atom is 0.406 e. The SMILES string of the molecule is CC(C)N(CC(F)(F)F)C(=O)Cn1ccnn1. The number of carbonyl (C=O) groups excluding carboxylic acids is 1. The highest BCUT2D eigenvalue weighted by molar-refractivity contribution is 5.76. The summed E-state index contributed by atoms with van der Waals surface area (Å²) in [5.41, 5.74) is 0. The third-order valence-electron chi connectivity index (χ3n) is 2.06. The lowest BCUT2D eigenvalue weighted by Gasteiger charge is -2.27. The van der Waals surface area contributed by atoms with E-state index in [1.165, 1.54) is 30.9 Å². The lowest BCUT2D eigenvalue weighted by atomic mass is 10.3. The molecule has 0 saturated heterocycles. The van der Waals surface area contributed by atoms with E-state index in [-0.39, 0.29) is 6.54 Å². The van der Waals surface area contributed by atoms with Gasteiger partial charge in [-0.15, -0.1) is 5.10 Å². The molecule has 0 spiro atoms. The van der Waals surface area contributed by atoms with Crippen molar-refractivity contribution in [3.05, 3.63) is 12.4 Å². The molecule has 0 saturated carbocycles. The number of aromatic nitrogens is 3. The molecule has 0 fully saturated rings. The van der Waals surface area contributed by atoms with E-state index in [0.29, 0.717) is 0 Å². The Balaban J connectivity index is 2.67. The number of alkyl halides is 3. The van der Waals surface area contributed by atoms with Crippen molar-refractivity contribution in [2.75, 3.05) is 6.54 Å². The van der Waals surface area contributed by atoms with Crippen molar-refractivity contribution in [3.8, 4) is 0 Å². The molecule has 0 aliphatic rings. The minimum atomic E-state index is -4.40. The fourth-order valence-corrected chi connectivity index (χ4v) is 1.30. The Labute approximate surface area is 96.2 Å². The topological polar surface area (TPSA) is 51.0 Å². The predicted octanol–water partition coefficient (Wildman–Crippen LogP) is 1.08. The van der Waals surface area contributed by atoms with Crippen molar-refractivity contribution in [1.82, 2.24) is 19.9 Å². The molecule has 1 aromatic heterocycles. The van der Waals surface area contributed by atoms with Crippen molar-refractivity contribution in [2.45, 2.75) is 32.6 Å². The fourth-order valence-electron chi connectivity index (χ4n) is 1.30. The Morgan fingerprint density at radius 2 is 2.12 bits per heavy atom. The van der Waals surface area contributed by atoms with Gasteiger partial charge >= 0.3 is 6.18 Å². The zero-order valence-corrected chi connectivity index (χ0v) is 9.48. The number of amides is 1. The maximum absolute atomic E-state index is 12.3. The highest BCUT2D eigenvalue weighted by atomic mass is 19.4. The van der Waals surface area contributed by atoms with Gasteiger partial charge in [0.2, 0.25) is 5.91 Å². The van der Waals surface area contributed by atoms with Gasteiger partial charge in [0.05, 0.1) is 6.20 Å². The number of halogens is 3. The molecule has 0 N–H and O–H groups in total. The molecule has 0 unspecified atom stereocenters. The van der Waals surface area contributed by atoms with Crippen molar-refractivity contribution in [2.24, 2.45) is 0 Å². The molecular weight excluding hydrogens is 237 g/mol. The molecule has 0 aliphatic heterocycles. The second kappa shape index (κ2) is 5.15. The average Bonchev–Trinajstić information content (AvgIpc) is 2.64. The van der Waals surface area contributed by atoms with Crippen molar-refractivity contribution < 1.29 is 18.0 Å². The largest absolute Gasteiger partial charge is 0.406 e. The normalized spacial score (nSPS) is 11.9. The summed E-state index contributed by atoms with van der Waals surface area (Å²) in [7, 11) is 0. The summed E-state index contributed by atoms with van der Waals surface area (Å²) in [5, 5.41) is 7.01. The monoisotopic (exact) mass is 250 g/mol. The molecule has 0 radical (unpaired) electrons. The molecule has 17 heavy (non-hydrogen) atoms. The second-order valence-corrected chi connectivity index (χ2v) is 3.83. The molecule has 1 aromatic rings. The molecule has 1 rings (SSSR count). The molecule has 0 aromatic carbocycles. The number of carbonyl (C=O) groups is 1. The van der Waals surface area contributed by atoms with Gasteiger partial charge in [0.1, 0.15) is 13.1 Å². The number of rotatable bonds is 4. The standard InChI is InChI=1S/C9H13F3N4O/c1-7(2)16(6-9(10,11)12)8(17)5-15-4-3-13-14-15/h3-4,7H,5-6H2,1-2H3. The van der Waals surface area contributed by atoms with E-state index in [9.17, 15) is 18.0 Å². The summed E-state index contributed by atoms with van der Waals surface area (Å²) >= 11 is 0. The van der Waals surface area contributed by atoms with Crippen LogP contribution in [-0.4, -0.2) is 44.6 Å². The smallest absolute Gasteiger partial charge is 0.330 e. The Bertz CT molecular complexity index is 361. The van der Waals surface area contributed by atoms with E-state index >= 15 is 0 Å². The van der Waals surface area contributed by atoms with E-state index in [0.717, 1.165) is 4.90 Å². The Morgan fingerprint density at radius 1 is 1.47 bits per heavy atom. The van der Waals surface area contributed by atoms with Crippen molar-refractivity contribution in [3.63, 3.8) is 0 Å². The van der Waals surface area contributed by atoms with Crippen LogP contribution in [0.15, 0.2) is 12.4 Å².